The van der Waals surface area contributed by atoms with Crippen LogP contribution in [0.1, 0.15) is 20.7 Å². The van der Waals surface area contributed by atoms with Crippen molar-refractivity contribution in [3.05, 3.63) is 63.6 Å². The molecule has 2 aromatic rings. The first kappa shape index (κ1) is 19.2. The van der Waals surface area contributed by atoms with E-state index in [1.54, 1.807) is 0 Å². The highest BCUT2D eigenvalue weighted by Crippen LogP contribution is 2.21. The summed E-state index contributed by atoms with van der Waals surface area (Å²) in [6.07, 6.45) is 1.02. The van der Waals surface area contributed by atoms with Crippen molar-refractivity contribution in [3.8, 4) is 0 Å². The van der Waals surface area contributed by atoms with E-state index in [2.05, 4.69) is 4.72 Å². The Bertz CT molecular complexity index is 911. The lowest BCUT2D eigenvalue weighted by atomic mass is 10.1. The lowest BCUT2D eigenvalue weighted by Gasteiger charge is -2.07. The Labute approximate surface area is 154 Å². The number of carbonyl (C=O) groups is 2. The normalized spacial score (nSPS) is 11.0. The van der Waals surface area contributed by atoms with Crippen molar-refractivity contribution in [3.63, 3.8) is 0 Å². The monoisotopic (exact) mass is 401 g/mol. The van der Waals surface area contributed by atoms with Crippen molar-refractivity contribution in [2.75, 3.05) is 17.6 Å². The zero-order valence-corrected chi connectivity index (χ0v) is 15.3. The number of rotatable bonds is 6. The molecule has 0 bridgehead atoms. The van der Waals surface area contributed by atoms with Gasteiger partial charge >= 0.3 is 5.97 Å². The van der Waals surface area contributed by atoms with Crippen LogP contribution < -0.4 is 4.72 Å². The van der Waals surface area contributed by atoms with E-state index < -0.39 is 28.4 Å². The molecule has 0 radical (unpaired) electrons. The van der Waals surface area contributed by atoms with Crippen molar-refractivity contribution < 1.29 is 22.7 Å². The van der Waals surface area contributed by atoms with Gasteiger partial charge in [0.05, 0.1) is 16.8 Å². The number of nitrogens with one attached hydrogen (secondary N) is 1. The minimum atomic E-state index is -3.40. The number of hydrogen-bond donors (Lipinski definition) is 1. The Morgan fingerprint density at radius 3 is 2.28 bits per heavy atom. The summed E-state index contributed by atoms with van der Waals surface area (Å²) < 4.78 is 29.5. The molecule has 0 fully saturated rings. The van der Waals surface area contributed by atoms with Crippen molar-refractivity contribution >= 4 is 50.7 Å². The van der Waals surface area contributed by atoms with Gasteiger partial charge in [-0.1, -0.05) is 23.2 Å². The van der Waals surface area contributed by atoms with Crippen LogP contribution in [0.4, 0.5) is 5.69 Å². The topological polar surface area (TPSA) is 89.5 Å². The lowest BCUT2D eigenvalue weighted by Crippen LogP contribution is -2.15. The van der Waals surface area contributed by atoms with E-state index >= 15 is 0 Å². The van der Waals surface area contributed by atoms with Crippen LogP contribution in [0.3, 0.4) is 0 Å². The van der Waals surface area contributed by atoms with Crippen LogP contribution in [-0.2, 0) is 14.8 Å². The maximum Gasteiger partial charge on any atom is 0.340 e. The molecule has 0 heterocycles. The molecule has 9 heteroatoms. The van der Waals surface area contributed by atoms with Gasteiger partial charge in [-0.25, -0.2) is 13.2 Å². The van der Waals surface area contributed by atoms with Gasteiger partial charge in [-0.15, -0.1) is 0 Å². The number of benzene rings is 2. The van der Waals surface area contributed by atoms with Gasteiger partial charge in [0.2, 0.25) is 10.0 Å². The predicted molar refractivity (Wildman–Crippen MR) is 96.0 cm³/mol. The van der Waals surface area contributed by atoms with E-state index in [1.165, 1.54) is 42.5 Å². The van der Waals surface area contributed by atoms with Gasteiger partial charge in [0.1, 0.15) is 0 Å². The van der Waals surface area contributed by atoms with Crippen molar-refractivity contribution in [1.82, 2.24) is 0 Å². The van der Waals surface area contributed by atoms with Gasteiger partial charge in [0.15, 0.2) is 12.4 Å². The van der Waals surface area contributed by atoms with E-state index in [4.69, 9.17) is 27.9 Å². The fraction of sp³-hybridized carbons (Fsp3) is 0.125. The molecule has 0 aromatic heterocycles. The molecular formula is C16H13Cl2NO5S. The Morgan fingerprint density at radius 1 is 1.08 bits per heavy atom. The van der Waals surface area contributed by atoms with E-state index in [0.717, 1.165) is 6.26 Å². The molecule has 0 aliphatic carbocycles. The fourth-order valence-electron chi connectivity index (χ4n) is 1.89. The summed E-state index contributed by atoms with van der Waals surface area (Å²) in [7, 11) is -3.40. The molecule has 0 unspecified atom stereocenters. The SMILES string of the molecule is CS(=O)(=O)Nc1ccc(C(=O)COC(=O)c2ccc(Cl)cc2Cl)cc1. The molecule has 0 spiro atoms. The molecule has 6 nitrogen and oxygen atoms in total. The highest BCUT2D eigenvalue weighted by Gasteiger charge is 2.15. The van der Waals surface area contributed by atoms with Gasteiger partial charge < -0.3 is 4.74 Å². The molecule has 0 aliphatic rings. The molecule has 2 aromatic carbocycles. The molecule has 1 N–H and O–H groups in total. The van der Waals surface area contributed by atoms with Crippen LogP contribution in [0.15, 0.2) is 42.5 Å². The summed E-state index contributed by atoms with van der Waals surface area (Å²) in [6, 6.07) is 10.0. The minimum Gasteiger partial charge on any atom is -0.454 e. The highest BCUT2D eigenvalue weighted by molar-refractivity contribution is 7.92. The summed E-state index contributed by atoms with van der Waals surface area (Å²) >= 11 is 11.6. The summed E-state index contributed by atoms with van der Waals surface area (Å²) in [5.74, 6) is -1.19. The van der Waals surface area contributed by atoms with Gasteiger partial charge in [-0.3, -0.25) is 9.52 Å². The Hall–Kier alpha value is -2.09. The van der Waals surface area contributed by atoms with Crippen molar-refractivity contribution in [1.29, 1.82) is 0 Å². The molecule has 0 aliphatic heterocycles. The average molecular weight is 402 g/mol. The number of ether oxygens (including phenoxy) is 1. The highest BCUT2D eigenvalue weighted by atomic mass is 35.5. The number of carbonyl (C=O) groups excluding carboxylic acids is 2. The van der Waals surface area contributed by atoms with E-state index in [9.17, 15) is 18.0 Å². The lowest BCUT2D eigenvalue weighted by molar-refractivity contribution is 0.0475. The average Bonchev–Trinajstić information content (AvgIpc) is 2.51. The maximum atomic E-state index is 12.0. The third-order valence-electron chi connectivity index (χ3n) is 3.00. The van der Waals surface area contributed by atoms with Crippen molar-refractivity contribution in [2.24, 2.45) is 0 Å². The van der Waals surface area contributed by atoms with Crippen LogP contribution in [-0.4, -0.2) is 33.0 Å². The smallest absolute Gasteiger partial charge is 0.340 e. The third kappa shape index (κ3) is 5.74. The number of Topliss-reactive ketones (excluding diaryl/α,β-unsaturated/α-hetero) is 1. The molecule has 0 saturated heterocycles. The van der Waals surface area contributed by atoms with Crippen molar-refractivity contribution in [2.45, 2.75) is 0 Å². The largest absolute Gasteiger partial charge is 0.454 e. The third-order valence-corrected chi connectivity index (χ3v) is 4.15. The van der Waals surface area contributed by atoms with E-state index in [0.29, 0.717) is 10.7 Å². The van der Waals surface area contributed by atoms with Gasteiger partial charge in [0.25, 0.3) is 0 Å². The predicted octanol–water partition coefficient (Wildman–Crippen LogP) is 3.40. The first-order valence-electron chi connectivity index (χ1n) is 6.89. The second-order valence-electron chi connectivity index (χ2n) is 5.08. The van der Waals surface area contributed by atoms with E-state index in [1.807, 2.05) is 0 Å². The fourth-order valence-corrected chi connectivity index (χ4v) is 2.94. The summed E-state index contributed by atoms with van der Waals surface area (Å²) in [5.41, 5.74) is 0.699. The van der Waals surface area contributed by atoms with E-state index in [-0.39, 0.29) is 16.1 Å². The Morgan fingerprint density at radius 2 is 1.72 bits per heavy atom. The Balaban J connectivity index is 1.99. The van der Waals surface area contributed by atoms with Crippen LogP contribution >= 0.6 is 23.2 Å². The van der Waals surface area contributed by atoms with Gasteiger partial charge in [0, 0.05) is 16.3 Å². The number of anilines is 1. The molecule has 25 heavy (non-hydrogen) atoms. The zero-order chi connectivity index (χ0) is 18.6. The summed E-state index contributed by atoms with van der Waals surface area (Å²) in [6.45, 7) is -0.476. The summed E-state index contributed by atoms with van der Waals surface area (Å²) in [5, 5.41) is 0.501. The molecule has 0 saturated carbocycles. The second-order valence-corrected chi connectivity index (χ2v) is 7.67. The second kappa shape index (κ2) is 7.86. The standard InChI is InChI=1S/C16H13Cl2NO5S/c1-25(22,23)19-12-5-2-10(3-6-12)15(20)9-24-16(21)13-7-4-11(17)8-14(13)18/h2-8,19H,9H2,1H3. The zero-order valence-electron chi connectivity index (χ0n) is 13.0. The quantitative estimate of drug-likeness (QED) is 0.591. The molecule has 0 atom stereocenters. The first-order valence-corrected chi connectivity index (χ1v) is 9.54. The Kier molecular flexibility index (Phi) is 6.05. The van der Waals surface area contributed by atoms with Gasteiger partial charge in [-0.05, 0) is 42.5 Å². The summed E-state index contributed by atoms with van der Waals surface area (Å²) in [4.78, 5) is 24.0. The number of esters is 1. The molecule has 2 rings (SSSR count). The number of halogens is 2. The molecule has 132 valence electrons. The number of hydrogen-bond acceptors (Lipinski definition) is 5. The van der Waals surface area contributed by atoms with Crippen LogP contribution in [0.5, 0.6) is 0 Å². The molecule has 0 amide bonds. The maximum absolute atomic E-state index is 12.0. The first-order chi connectivity index (χ1) is 11.7. The number of sulfonamides is 1. The number of ketones is 1. The van der Waals surface area contributed by atoms with Crippen LogP contribution in [0, 0.1) is 0 Å². The minimum absolute atomic E-state index is 0.103. The molecular weight excluding hydrogens is 389 g/mol. The van der Waals surface area contributed by atoms with Crippen LogP contribution in [0.25, 0.3) is 0 Å². The van der Waals surface area contributed by atoms with Gasteiger partial charge in [-0.2, -0.15) is 0 Å². The van der Waals surface area contributed by atoms with Crippen LogP contribution in [0.2, 0.25) is 10.0 Å².